The van der Waals surface area contributed by atoms with Crippen molar-refractivity contribution in [3.63, 3.8) is 0 Å². The normalized spacial score (nSPS) is 18.3. The molecule has 0 amide bonds. The third kappa shape index (κ3) is 4.84. The van der Waals surface area contributed by atoms with Gasteiger partial charge in [0.2, 0.25) is 21.7 Å². The molecule has 1 aromatic carbocycles. The summed E-state index contributed by atoms with van der Waals surface area (Å²) in [6.07, 6.45) is 1.53. The van der Waals surface area contributed by atoms with Crippen LogP contribution < -0.4 is 4.74 Å². The van der Waals surface area contributed by atoms with Crippen LogP contribution in [-0.4, -0.2) is 55.5 Å². The second-order valence-electron chi connectivity index (χ2n) is 12.0. The van der Waals surface area contributed by atoms with E-state index >= 15 is 0 Å². The van der Waals surface area contributed by atoms with Gasteiger partial charge in [0.25, 0.3) is 6.43 Å². The minimum absolute atomic E-state index is 0.0119. The number of aliphatic carboxylic acids is 1. The van der Waals surface area contributed by atoms with Gasteiger partial charge in [-0.15, -0.1) is 10.2 Å². The SMILES string of the molecule is Cc1ccc([C@@H](c2ccn3c(C(F)F)nnc3c2C)C(C)(C)C(=O)O)cc1CN1CC2(CC2)Oc2ncccc2S1(=O)=O. The summed E-state index contributed by atoms with van der Waals surface area (Å²) in [4.78, 5) is 16.8. The summed E-state index contributed by atoms with van der Waals surface area (Å²) in [5.74, 6) is -2.18. The maximum atomic E-state index is 13.8. The second kappa shape index (κ2) is 10.1. The summed E-state index contributed by atoms with van der Waals surface area (Å²) < 4.78 is 63.4. The van der Waals surface area contributed by atoms with Crippen molar-refractivity contribution in [1.82, 2.24) is 23.9 Å². The van der Waals surface area contributed by atoms with Crippen LogP contribution in [0.15, 0.2) is 53.7 Å². The van der Waals surface area contributed by atoms with Crippen molar-refractivity contribution >= 4 is 21.6 Å². The van der Waals surface area contributed by atoms with Gasteiger partial charge in [0, 0.05) is 24.9 Å². The second-order valence-corrected chi connectivity index (χ2v) is 13.9. The number of pyridine rings is 2. The highest BCUT2D eigenvalue weighted by Crippen LogP contribution is 2.47. The molecule has 0 saturated heterocycles. The molecular weight excluding hydrogens is 580 g/mol. The number of sulfonamides is 1. The first kappa shape index (κ1) is 29.1. The molecule has 4 heterocycles. The number of carboxylic acid groups (broad SMARTS) is 1. The van der Waals surface area contributed by atoms with Gasteiger partial charge in [0.1, 0.15) is 10.5 Å². The van der Waals surface area contributed by atoms with E-state index in [9.17, 15) is 27.1 Å². The van der Waals surface area contributed by atoms with Gasteiger partial charge < -0.3 is 9.84 Å². The summed E-state index contributed by atoms with van der Waals surface area (Å²) in [5.41, 5.74) is 1.53. The average molecular weight is 612 g/mol. The van der Waals surface area contributed by atoms with Crippen LogP contribution in [0.1, 0.15) is 72.7 Å². The quantitative estimate of drug-likeness (QED) is 0.308. The molecule has 4 aromatic rings. The van der Waals surface area contributed by atoms with Crippen LogP contribution >= 0.6 is 0 Å². The van der Waals surface area contributed by atoms with Crippen molar-refractivity contribution in [2.24, 2.45) is 5.41 Å². The number of fused-ring (bicyclic) bond motifs is 2. The van der Waals surface area contributed by atoms with Crippen LogP contribution in [0.5, 0.6) is 5.88 Å². The number of carbonyl (C=O) groups is 1. The third-order valence-electron chi connectivity index (χ3n) is 8.67. The molecule has 0 bridgehead atoms. The van der Waals surface area contributed by atoms with Crippen molar-refractivity contribution in [3.8, 4) is 5.88 Å². The monoisotopic (exact) mass is 611 g/mol. The number of hydrogen-bond donors (Lipinski definition) is 1. The Hall–Kier alpha value is -3.97. The number of aryl methyl sites for hydroxylation is 2. The lowest BCUT2D eigenvalue weighted by Crippen LogP contribution is -2.38. The average Bonchev–Trinajstić information content (AvgIpc) is 3.57. The summed E-state index contributed by atoms with van der Waals surface area (Å²) in [7, 11) is -3.96. The molecule has 1 aliphatic heterocycles. The Bertz CT molecular complexity index is 1870. The van der Waals surface area contributed by atoms with E-state index in [-0.39, 0.29) is 29.5 Å². The number of aromatic nitrogens is 4. The van der Waals surface area contributed by atoms with Gasteiger partial charge in [-0.2, -0.15) is 4.31 Å². The molecule has 13 heteroatoms. The largest absolute Gasteiger partial charge is 0.481 e. The number of hydrogen-bond acceptors (Lipinski definition) is 7. The molecule has 1 aliphatic carbocycles. The fraction of sp³-hybridized carbons (Fsp3) is 0.400. The molecule has 3 aromatic heterocycles. The molecule has 0 unspecified atom stereocenters. The Labute approximate surface area is 247 Å². The van der Waals surface area contributed by atoms with Gasteiger partial charge in [-0.05, 0) is 86.6 Å². The van der Waals surface area contributed by atoms with Gasteiger partial charge in [-0.3, -0.25) is 9.20 Å². The van der Waals surface area contributed by atoms with E-state index in [0.717, 1.165) is 5.56 Å². The predicted molar refractivity (Wildman–Crippen MR) is 152 cm³/mol. The standard InChI is InChI=1S/C30H31F2N5O5S/c1-17-7-8-19(14-20(17)15-36-16-30(10-11-30)42-27-22(43(36,40)41)6-5-12-33-27)23(29(3,4)28(38)39)21-9-13-37-25(18(21)2)34-35-26(37)24(31)32/h5-9,12-14,23-24H,10-11,15-16H2,1-4H3,(H,38,39)/t23-/m0/s1. The van der Waals surface area contributed by atoms with E-state index in [2.05, 4.69) is 15.2 Å². The third-order valence-corrected chi connectivity index (χ3v) is 10.5. The van der Waals surface area contributed by atoms with Crippen molar-refractivity contribution in [1.29, 1.82) is 0 Å². The van der Waals surface area contributed by atoms with Crippen LogP contribution in [0.3, 0.4) is 0 Å². The zero-order valence-corrected chi connectivity index (χ0v) is 24.9. The van der Waals surface area contributed by atoms with Crippen LogP contribution in [0, 0.1) is 19.3 Å². The van der Waals surface area contributed by atoms with Gasteiger partial charge in [-0.25, -0.2) is 22.2 Å². The molecule has 2 aliphatic rings. The molecule has 6 rings (SSSR count). The van der Waals surface area contributed by atoms with E-state index < -0.39 is 45.2 Å². The minimum atomic E-state index is -3.96. The molecule has 10 nitrogen and oxygen atoms in total. The van der Waals surface area contributed by atoms with Crippen LogP contribution in [0.25, 0.3) is 5.65 Å². The maximum absolute atomic E-state index is 13.8. The molecular formula is C30H31F2N5O5S. The fourth-order valence-electron chi connectivity index (χ4n) is 5.89. The zero-order chi connectivity index (χ0) is 30.9. The Morgan fingerprint density at radius 3 is 2.58 bits per heavy atom. The first-order valence-corrected chi connectivity index (χ1v) is 15.3. The number of alkyl halides is 2. The highest BCUT2D eigenvalue weighted by atomic mass is 32.2. The van der Waals surface area contributed by atoms with E-state index in [1.807, 2.05) is 25.1 Å². The lowest BCUT2D eigenvalue weighted by atomic mass is 9.70. The number of nitrogens with zero attached hydrogens (tertiary/aromatic N) is 5. The minimum Gasteiger partial charge on any atom is -0.481 e. The summed E-state index contributed by atoms with van der Waals surface area (Å²) >= 11 is 0. The number of carboxylic acids is 1. The number of rotatable bonds is 7. The molecule has 0 radical (unpaired) electrons. The van der Waals surface area contributed by atoms with Crippen molar-refractivity contribution in [2.45, 2.75) is 69.9 Å². The Balaban J connectivity index is 1.45. The number of halogens is 2. The highest BCUT2D eigenvalue weighted by Gasteiger charge is 2.52. The molecule has 43 heavy (non-hydrogen) atoms. The van der Waals surface area contributed by atoms with E-state index in [4.69, 9.17) is 4.74 Å². The van der Waals surface area contributed by atoms with Crippen LogP contribution in [0.4, 0.5) is 8.78 Å². The Kier molecular flexibility index (Phi) is 6.81. The van der Waals surface area contributed by atoms with Crippen LogP contribution in [-0.2, 0) is 21.4 Å². The van der Waals surface area contributed by atoms with E-state index in [0.29, 0.717) is 35.1 Å². The Morgan fingerprint density at radius 2 is 1.91 bits per heavy atom. The molecule has 1 N–H and O–H groups in total. The van der Waals surface area contributed by atoms with Crippen molar-refractivity contribution in [3.05, 3.63) is 82.4 Å². The molecule has 1 fully saturated rings. The van der Waals surface area contributed by atoms with Gasteiger partial charge >= 0.3 is 5.97 Å². The lowest BCUT2D eigenvalue weighted by molar-refractivity contribution is -0.147. The number of benzene rings is 1. The molecule has 226 valence electrons. The number of ether oxygens (including phenoxy) is 1. The smallest absolute Gasteiger partial charge is 0.310 e. The first-order chi connectivity index (χ1) is 20.2. The van der Waals surface area contributed by atoms with Crippen LogP contribution in [0.2, 0.25) is 0 Å². The predicted octanol–water partition coefficient (Wildman–Crippen LogP) is 5.04. The van der Waals surface area contributed by atoms with Crippen molar-refractivity contribution in [2.75, 3.05) is 6.54 Å². The van der Waals surface area contributed by atoms with E-state index in [1.165, 1.54) is 27.2 Å². The molecule has 1 saturated carbocycles. The maximum Gasteiger partial charge on any atom is 0.310 e. The molecule has 1 spiro atoms. The van der Waals surface area contributed by atoms with Gasteiger partial charge in [0.15, 0.2) is 5.65 Å². The first-order valence-electron chi connectivity index (χ1n) is 13.8. The molecule has 1 atom stereocenters. The highest BCUT2D eigenvalue weighted by molar-refractivity contribution is 7.89. The summed E-state index contributed by atoms with van der Waals surface area (Å²) in [5, 5.41) is 17.9. The van der Waals surface area contributed by atoms with Gasteiger partial charge in [-0.1, -0.05) is 18.2 Å². The lowest BCUT2D eigenvalue weighted by Gasteiger charge is -2.33. The topological polar surface area (TPSA) is 127 Å². The summed E-state index contributed by atoms with van der Waals surface area (Å²) in [6.45, 7) is 7.00. The van der Waals surface area contributed by atoms with Crippen molar-refractivity contribution < 1.29 is 31.8 Å². The van der Waals surface area contributed by atoms with Gasteiger partial charge in [0.05, 0.1) is 12.0 Å². The fourth-order valence-corrected chi connectivity index (χ4v) is 7.45. The zero-order valence-electron chi connectivity index (χ0n) is 24.1. The Morgan fingerprint density at radius 1 is 1.16 bits per heavy atom. The summed E-state index contributed by atoms with van der Waals surface area (Å²) in [6, 6.07) is 10.2. The van der Waals surface area contributed by atoms with E-state index in [1.54, 1.807) is 32.9 Å².